The molecule has 0 unspecified atom stereocenters. The Morgan fingerprint density at radius 3 is 1.95 bits per heavy atom. The van der Waals surface area contributed by atoms with Crippen LogP contribution in [0, 0.1) is 0 Å². The third-order valence-electron chi connectivity index (χ3n) is 4.24. The van der Waals surface area contributed by atoms with Crippen LogP contribution in [0.2, 0.25) is 19.6 Å². The van der Waals surface area contributed by atoms with Gasteiger partial charge in [0.05, 0.1) is 5.60 Å². The summed E-state index contributed by atoms with van der Waals surface area (Å²) in [5, 5.41) is 0. The summed E-state index contributed by atoms with van der Waals surface area (Å²) in [5.41, 5.74) is 5.09. The van der Waals surface area contributed by atoms with Gasteiger partial charge in [-0.05, 0) is 41.9 Å². The zero-order chi connectivity index (χ0) is 15.8. The zero-order valence-electron chi connectivity index (χ0n) is 13.7. The van der Waals surface area contributed by atoms with Crippen LogP contribution in [-0.2, 0) is 22.9 Å². The lowest BCUT2D eigenvalue weighted by atomic mass is 9.90. The van der Waals surface area contributed by atoms with E-state index in [1.165, 1.54) is 16.7 Å². The molecule has 0 spiro atoms. The Morgan fingerprint density at radius 1 is 0.955 bits per heavy atom. The minimum absolute atomic E-state index is 0.201. The van der Waals surface area contributed by atoms with Crippen molar-refractivity contribution in [3.8, 4) is 0 Å². The van der Waals surface area contributed by atoms with Crippen molar-refractivity contribution >= 4 is 14.4 Å². The van der Waals surface area contributed by atoms with Gasteiger partial charge in [0.15, 0.2) is 8.32 Å². The second-order valence-electron chi connectivity index (χ2n) is 7.16. The van der Waals surface area contributed by atoms with E-state index in [0.29, 0.717) is 0 Å². The summed E-state index contributed by atoms with van der Waals surface area (Å²) in [7, 11) is -1.66. The number of benzene rings is 2. The van der Waals surface area contributed by atoms with Crippen molar-refractivity contribution in [3.05, 3.63) is 77.4 Å². The Bertz CT molecular complexity index is 655. The molecule has 2 aromatic rings. The Labute approximate surface area is 134 Å². The Balaban J connectivity index is 2.03. The lowest BCUT2D eigenvalue weighted by Gasteiger charge is -2.37. The molecule has 0 heterocycles. The molecular formula is C20H24OSi. The van der Waals surface area contributed by atoms with Crippen LogP contribution in [0.1, 0.15) is 22.3 Å². The molecule has 3 rings (SSSR count). The molecule has 0 aliphatic heterocycles. The van der Waals surface area contributed by atoms with Gasteiger partial charge in [-0.15, -0.1) is 0 Å². The first-order valence-electron chi connectivity index (χ1n) is 7.92. The molecule has 0 radical (unpaired) electrons. The highest BCUT2D eigenvalue weighted by molar-refractivity contribution is 6.69. The zero-order valence-corrected chi connectivity index (χ0v) is 14.7. The summed E-state index contributed by atoms with van der Waals surface area (Å²) in [6.07, 6.45) is 3.83. The fraction of sp³-hybridized carbons (Fsp3) is 0.300. The predicted molar refractivity (Wildman–Crippen MR) is 96.5 cm³/mol. The van der Waals surface area contributed by atoms with Gasteiger partial charge < -0.3 is 4.43 Å². The van der Waals surface area contributed by atoms with E-state index in [4.69, 9.17) is 4.43 Å². The predicted octanol–water partition coefficient (Wildman–Crippen LogP) is 5.18. The molecule has 0 amide bonds. The second-order valence-corrected chi connectivity index (χ2v) is 11.6. The third-order valence-corrected chi connectivity index (χ3v) is 5.25. The van der Waals surface area contributed by atoms with Crippen LogP contribution in [0.5, 0.6) is 0 Å². The molecule has 0 bridgehead atoms. The minimum atomic E-state index is -1.66. The summed E-state index contributed by atoms with van der Waals surface area (Å²) in [5.74, 6) is 0. The number of hydrogen-bond donors (Lipinski definition) is 0. The maximum atomic E-state index is 6.74. The second kappa shape index (κ2) is 5.53. The van der Waals surface area contributed by atoms with Crippen molar-refractivity contribution in [2.24, 2.45) is 0 Å². The third kappa shape index (κ3) is 2.94. The molecule has 0 atom stereocenters. The Morgan fingerprint density at radius 2 is 1.50 bits per heavy atom. The smallest absolute Gasteiger partial charge is 0.185 e. The molecule has 0 saturated carbocycles. The van der Waals surface area contributed by atoms with Gasteiger partial charge in [-0.2, -0.15) is 0 Å². The SMILES string of the molecule is C=Cc1ccc(C2(O[Si](C)(C)C)Cc3ccccc3C2)cc1. The molecule has 22 heavy (non-hydrogen) atoms. The van der Waals surface area contributed by atoms with Gasteiger partial charge in [-0.25, -0.2) is 0 Å². The molecule has 0 saturated heterocycles. The summed E-state index contributed by atoms with van der Waals surface area (Å²) in [6, 6.07) is 17.4. The normalized spacial score (nSPS) is 16.3. The van der Waals surface area contributed by atoms with Gasteiger partial charge in [0, 0.05) is 12.8 Å². The lowest BCUT2D eigenvalue weighted by molar-refractivity contribution is 0.0693. The number of fused-ring (bicyclic) bond motifs is 1. The van der Waals surface area contributed by atoms with E-state index in [-0.39, 0.29) is 5.60 Å². The Hall–Kier alpha value is -1.64. The van der Waals surface area contributed by atoms with E-state index in [9.17, 15) is 0 Å². The average molecular weight is 308 g/mol. The van der Waals surface area contributed by atoms with Gasteiger partial charge in [0.1, 0.15) is 0 Å². The molecule has 2 aromatic carbocycles. The van der Waals surface area contributed by atoms with Gasteiger partial charge in [-0.3, -0.25) is 0 Å². The minimum Gasteiger partial charge on any atom is -0.407 e. The van der Waals surface area contributed by atoms with E-state index in [1.807, 2.05) is 6.08 Å². The highest BCUT2D eigenvalue weighted by Crippen LogP contribution is 2.42. The summed E-state index contributed by atoms with van der Waals surface area (Å²) >= 11 is 0. The van der Waals surface area contributed by atoms with Crippen LogP contribution in [0.25, 0.3) is 6.08 Å². The first-order valence-corrected chi connectivity index (χ1v) is 11.3. The van der Waals surface area contributed by atoms with E-state index < -0.39 is 8.32 Å². The van der Waals surface area contributed by atoms with Crippen molar-refractivity contribution in [2.75, 3.05) is 0 Å². The molecule has 1 aliphatic rings. The molecule has 1 nitrogen and oxygen atoms in total. The van der Waals surface area contributed by atoms with Gasteiger partial charge >= 0.3 is 0 Å². The fourth-order valence-corrected chi connectivity index (χ4v) is 4.86. The van der Waals surface area contributed by atoms with E-state index in [2.05, 4.69) is 74.8 Å². The summed E-state index contributed by atoms with van der Waals surface area (Å²) in [6.45, 7) is 10.7. The van der Waals surface area contributed by atoms with Crippen LogP contribution in [0.4, 0.5) is 0 Å². The van der Waals surface area contributed by atoms with Crippen molar-refractivity contribution in [1.29, 1.82) is 0 Å². The van der Waals surface area contributed by atoms with Gasteiger partial charge in [0.2, 0.25) is 0 Å². The molecular weight excluding hydrogens is 284 g/mol. The first kappa shape index (κ1) is 15.3. The fourth-order valence-electron chi connectivity index (χ4n) is 3.42. The van der Waals surface area contributed by atoms with Crippen molar-refractivity contribution < 1.29 is 4.43 Å². The van der Waals surface area contributed by atoms with Crippen molar-refractivity contribution in [2.45, 2.75) is 38.1 Å². The van der Waals surface area contributed by atoms with Crippen LogP contribution in [-0.4, -0.2) is 8.32 Å². The number of hydrogen-bond acceptors (Lipinski definition) is 1. The monoisotopic (exact) mass is 308 g/mol. The van der Waals surface area contributed by atoms with E-state index in [1.54, 1.807) is 0 Å². The molecule has 0 fully saturated rings. The standard InChI is InChI=1S/C20H24OSi/c1-5-16-10-12-19(13-11-16)20(21-22(2,3)4)14-17-8-6-7-9-18(17)15-20/h5-13H,1,14-15H2,2-4H3. The van der Waals surface area contributed by atoms with Gasteiger partial charge in [-0.1, -0.05) is 61.2 Å². The molecule has 114 valence electrons. The van der Waals surface area contributed by atoms with Crippen LogP contribution >= 0.6 is 0 Å². The summed E-state index contributed by atoms with van der Waals surface area (Å²) < 4.78 is 6.74. The first-order chi connectivity index (χ1) is 10.4. The highest BCUT2D eigenvalue weighted by Gasteiger charge is 2.42. The van der Waals surface area contributed by atoms with E-state index >= 15 is 0 Å². The largest absolute Gasteiger partial charge is 0.407 e. The highest BCUT2D eigenvalue weighted by atomic mass is 28.4. The Kier molecular flexibility index (Phi) is 3.83. The molecule has 0 aromatic heterocycles. The maximum Gasteiger partial charge on any atom is 0.185 e. The lowest BCUT2D eigenvalue weighted by Crippen LogP contribution is -2.41. The molecule has 1 aliphatic carbocycles. The molecule has 2 heteroatoms. The quantitative estimate of drug-likeness (QED) is 0.708. The van der Waals surface area contributed by atoms with Crippen molar-refractivity contribution in [3.63, 3.8) is 0 Å². The maximum absolute atomic E-state index is 6.74. The van der Waals surface area contributed by atoms with Crippen molar-refractivity contribution in [1.82, 2.24) is 0 Å². The van der Waals surface area contributed by atoms with Crippen LogP contribution in [0.3, 0.4) is 0 Å². The number of rotatable bonds is 4. The topological polar surface area (TPSA) is 9.23 Å². The van der Waals surface area contributed by atoms with Gasteiger partial charge in [0.25, 0.3) is 0 Å². The molecule has 0 N–H and O–H groups in total. The average Bonchev–Trinajstić information content (AvgIpc) is 2.84. The van der Waals surface area contributed by atoms with E-state index in [0.717, 1.165) is 18.4 Å². The van der Waals surface area contributed by atoms with Crippen LogP contribution in [0.15, 0.2) is 55.1 Å². The summed E-state index contributed by atoms with van der Waals surface area (Å²) in [4.78, 5) is 0. The van der Waals surface area contributed by atoms with Crippen LogP contribution < -0.4 is 0 Å².